The van der Waals surface area contributed by atoms with E-state index in [0.717, 1.165) is 31.6 Å². The zero-order valence-corrected chi connectivity index (χ0v) is 21.3. The number of carbonyl (C=O) groups is 2. The predicted molar refractivity (Wildman–Crippen MR) is 144 cm³/mol. The highest BCUT2D eigenvalue weighted by atomic mass is 35.5. The molecule has 8 heteroatoms. The molecule has 1 N–H and O–H groups in total. The molecule has 0 spiro atoms. The van der Waals surface area contributed by atoms with Crippen molar-refractivity contribution in [1.82, 2.24) is 4.98 Å². The first-order valence-electron chi connectivity index (χ1n) is 12.5. The number of aliphatic hydroxyl groups excluding tert-OH is 1. The van der Waals surface area contributed by atoms with Crippen molar-refractivity contribution in [3.63, 3.8) is 0 Å². The van der Waals surface area contributed by atoms with Crippen LogP contribution in [0.25, 0.3) is 5.76 Å². The average molecular weight is 518 g/mol. The third kappa shape index (κ3) is 4.79. The molecule has 0 bridgehead atoms. The lowest BCUT2D eigenvalue weighted by Crippen LogP contribution is -2.31. The molecule has 3 aromatic rings. The van der Waals surface area contributed by atoms with E-state index in [1.807, 2.05) is 31.2 Å². The van der Waals surface area contributed by atoms with Gasteiger partial charge in [0.15, 0.2) is 0 Å². The van der Waals surface area contributed by atoms with Gasteiger partial charge in [0.2, 0.25) is 0 Å². The Morgan fingerprint density at radius 3 is 2.43 bits per heavy atom. The second-order valence-electron chi connectivity index (χ2n) is 9.07. The molecule has 0 radical (unpaired) electrons. The van der Waals surface area contributed by atoms with Crippen LogP contribution in [0.2, 0.25) is 5.02 Å². The number of pyridine rings is 1. The summed E-state index contributed by atoms with van der Waals surface area (Å²) in [5.74, 6) is -1.42. The Morgan fingerprint density at radius 2 is 1.76 bits per heavy atom. The molecule has 1 aromatic heterocycles. The van der Waals surface area contributed by atoms with Crippen LogP contribution in [-0.2, 0) is 9.59 Å². The maximum absolute atomic E-state index is 13.4. The number of benzene rings is 2. The van der Waals surface area contributed by atoms with E-state index in [1.54, 1.807) is 42.6 Å². The Balaban J connectivity index is 1.59. The Morgan fingerprint density at radius 1 is 1.03 bits per heavy atom. The molecule has 2 fully saturated rings. The maximum Gasteiger partial charge on any atom is 0.300 e. The van der Waals surface area contributed by atoms with Gasteiger partial charge >= 0.3 is 0 Å². The summed E-state index contributed by atoms with van der Waals surface area (Å²) in [4.78, 5) is 34.9. The molecule has 0 aliphatic carbocycles. The standard InChI is InChI=1S/C29H28ClN3O4/c1-2-37-24-18-19(9-14-22(24)30)27(34)25-26(23-8-4-5-15-31-23)33(29(36)28(25)35)21-12-10-20(11-13-21)32-16-6-3-7-17-32/h4-5,8-15,18,26,34H,2-3,6-7,16-17H2,1H3/b27-25-. The summed E-state index contributed by atoms with van der Waals surface area (Å²) in [6, 6.07) is 16.8. The minimum atomic E-state index is -0.895. The molecule has 2 aliphatic rings. The fraction of sp³-hybridized carbons (Fsp3) is 0.276. The first-order chi connectivity index (χ1) is 18.0. The molecule has 7 nitrogen and oxygen atoms in total. The van der Waals surface area contributed by atoms with Crippen molar-refractivity contribution in [2.45, 2.75) is 32.2 Å². The monoisotopic (exact) mass is 517 g/mol. The van der Waals surface area contributed by atoms with Gasteiger partial charge in [-0.25, -0.2) is 0 Å². The highest BCUT2D eigenvalue weighted by molar-refractivity contribution is 6.51. The number of halogens is 1. The number of ether oxygens (including phenoxy) is 1. The largest absolute Gasteiger partial charge is 0.507 e. The minimum absolute atomic E-state index is 0.0337. The summed E-state index contributed by atoms with van der Waals surface area (Å²) in [6.45, 7) is 4.22. The molecule has 1 atom stereocenters. The fourth-order valence-electron chi connectivity index (χ4n) is 4.96. The smallest absolute Gasteiger partial charge is 0.300 e. The second-order valence-corrected chi connectivity index (χ2v) is 9.47. The van der Waals surface area contributed by atoms with Crippen LogP contribution in [0, 0.1) is 0 Å². The molecular formula is C29H28ClN3O4. The van der Waals surface area contributed by atoms with Crippen LogP contribution in [0.5, 0.6) is 5.75 Å². The number of Topliss-reactive ketones (excluding diaryl/α,β-unsaturated/α-hetero) is 1. The summed E-state index contributed by atoms with van der Waals surface area (Å²) >= 11 is 6.22. The normalized spacial score (nSPS) is 19.4. The Labute approximate surface area is 220 Å². The van der Waals surface area contributed by atoms with Crippen molar-refractivity contribution < 1.29 is 19.4 Å². The van der Waals surface area contributed by atoms with Crippen molar-refractivity contribution in [1.29, 1.82) is 0 Å². The van der Waals surface area contributed by atoms with E-state index >= 15 is 0 Å². The number of amides is 1. The summed E-state index contributed by atoms with van der Waals surface area (Å²) in [5.41, 5.74) is 2.41. The molecule has 1 unspecified atom stereocenters. The van der Waals surface area contributed by atoms with E-state index < -0.39 is 17.7 Å². The van der Waals surface area contributed by atoms with Gasteiger partial charge in [0, 0.05) is 36.2 Å². The van der Waals surface area contributed by atoms with E-state index in [-0.39, 0.29) is 11.3 Å². The van der Waals surface area contributed by atoms with Crippen LogP contribution in [0.15, 0.2) is 72.4 Å². The van der Waals surface area contributed by atoms with Crippen LogP contribution in [-0.4, -0.2) is 41.5 Å². The van der Waals surface area contributed by atoms with Gasteiger partial charge in [0.25, 0.3) is 11.7 Å². The first kappa shape index (κ1) is 24.8. The van der Waals surface area contributed by atoms with Crippen molar-refractivity contribution in [2.24, 2.45) is 0 Å². The van der Waals surface area contributed by atoms with Gasteiger partial charge in [-0.2, -0.15) is 0 Å². The highest BCUT2D eigenvalue weighted by Gasteiger charge is 2.47. The molecule has 5 rings (SSSR count). The summed E-state index contributed by atoms with van der Waals surface area (Å²) < 4.78 is 5.56. The maximum atomic E-state index is 13.4. The Bertz CT molecular complexity index is 1340. The quantitative estimate of drug-likeness (QED) is 0.255. The average Bonchev–Trinajstić information content (AvgIpc) is 3.21. The van der Waals surface area contributed by atoms with Crippen molar-refractivity contribution >= 4 is 40.4 Å². The van der Waals surface area contributed by atoms with Crippen LogP contribution >= 0.6 is 11.6 Å². The highest BCUT2D eigenvalue weighted by Crippen LogP contribution is 2.42. The van der Waals surface area contributed by atoms with E-state index in [1.165, 1.54) is 11.3 Å². The Kier molecular flexibility index (Phi) is 7.15. The zero-order chi connectivity index (χ0) is 25.9. The number of aliphatic hydroxyl groups is 1. The third-order valence-electron chi connectivity index (χ3n) is 6.77. The number of carbonyl (C=O) groups excluding carboxylic acids is 2. The van der Waals surface area contributed by atoms with Gasteiger partial charge in [-0.05, 0) is 80.8 Å². The molecule has 37 heavy (non-hydrogen) atoms. The van der Waals surface area contributed by atoms with Crippen LogP contribution in [0.1, 0.15) is 43.5 Å². The number of ketones is 1. The third-order valence-corrected chi connectivity index (χ3v) is 7.08. The lowest BCUT2D eigenvalue weighted by Gasteiger charge is -2.30. The van der Waals surface area contributed by atoms with Gasteiger partial charge < -0.3 is 14.7 Å². The Hall–Kier alpha value is -3.84. The molecule has 190 valence electrons. The minimum Gasteiger partial charge on any atom is -0.507 e. The van der Waals surface area contributed by atoms with Gasteiger partial charge in [0.1, 0.15) is 17.6 Å². The van der Waals surface area contributed by atoms with Gasteiger partial charge in [-0.3, -0.25) is 19.5 Å². The van der Waals surface area contributed by atoms with E-state index in [2.05, 4.69) is 9.88 Å². The zero-order valence-electron chi connectivity index (χ0n) is 20.6. The fourth-order valence-corrected chi connectivity index (χ4v) is 5.14. The molecule has 1 amide bonds. The van der Waals surface area contributed by atoms with Gasteiger partial charge in [-0.15, -0.1) is 0 Å². The van der Waals surface area contributed by atoms with Crippen LogP contribution < -0.4 is 14.5 Å². The number of hydrogen-bond donors (Lipinski definition) is 1. The number of aromatic nitrogens is 1. The molecule has 2 saturated heterocycles. The molecular weight excluding hydrogens is 490 g/mol. The van der Waals surface area contributed by atoms with Crippen molar-refractivity contribution in [2.75, 3.05) is 29.5 Å². The number of piperidine rings is 1. The molecule has 2 aliphatic heterocycles. The van der Waals surface area contributed by atoms with E-state index in [0.29, 0.717) is 34.3 Å². The van der Waals surface area contributed by atoms with Crippen LogP contribution in [0.4, 0.5) is 11.4 Å². The number of nitrogens with zero attached hydrogens (tertiary/aromatic N) is 3. The van der Waals surface area contributed by atoms with Crippen LogP contribution in [0.3, 0.4) is 0 Å². The number of rotatable bonds is 6. The number of anilines is 2. The lowest BCUT2D eigenvalue weighted by molar-refractivity contribution is -0.132. The van der Waals surface area contributed by atoms with E-state index in [9.17, 15) is 14.7 Å². The number of hydrogen-bond acceptors (Lipinski definition) is 6. The summed E-state index contributed by atoms with van der Waals surface area (Å²) in [5, 5.41) is 11.7. The lowest BCUT2D eigenvalue weighted by atomic mass is 9.98. The molecule has 2 aromatic carbocycles. The SMILES string of the molecule is CCOc1cc(/C(O)=C2/C(=O)C(=O)N(c3ccc(N4CCCCC4)cc3)C2c2ccccn2)ccc1Cl. The topological polar surface area (TPSA) is 83.0 Å². The van der Waals surface area contributed by atoms with Gasteiger partial charge in [0.05, 0.1) is 22.9 Å². The summed E-state index contributed by atoms with van der Waals surface area (Å²) in [7, 11) is 0. The second kappa shape index (κ2) is 10.6. The predicted octanol–water partition coefficient (Wildman–Crippen LogP) is 5.75. The summed E-state index contributed by atoms with van der Waals surface area (Å²) in [6.07, 6.45) is 5.16. The van der Waals surface area contributed by atoms with E-state index in [4.69, 9.17) is 16.3 Å². The van der Waals surface area contributed by atoms with Crippen molar-refractivity contribution in [3.8, 4) is 5.75 Å². The first-order valence-corrected chi connectivity index (χ1v) is 12.9. The molecule has 3 heterocycles. The van der Waals surface area contributed by atoms with Crippen molar-refractivity contribution in [3.05, 3.63) is 88.7 Å². The molecule has 0 saturated carbocycles. The van der Waals surface area contributed by atoms with Gasteiger partial charge in [-0.1, -0.05) is 17.7 Å².